The summed E-state index contributed by atoms with van der Waals surface area (Å²) in [4.78, 5) is 0. The van der Waals surface area contributed by atoms with Gasteiger partial charge in [0.1, 0.15) is 0 Å². The lowest BCUT2D eigenvalue weighted by molar-refractivity contribution is 0.631. The molecule has 5 heteroatoms. The summed E-state index contributed by atoms with van der Waals surface area (Å²) in [5, 5.41) is 2.92. The maximum Gasteiger partial charge on any atom is 0.164 e. The lowest BCUT2D eigenvalue weighted by Gasteiger charge is -2.06. The molecule has 14 heavy (non-hydrogen) atoms. The highest BCUT2D eigenvalue weighted by Crippen LogP contribution is 2.21. The molecule has 1 aromatic carbocycles. The van der Waals surface area contributed by atoms with Crippen LogP contribution in [0.5, 0.6) is 0 Å². The third kappa shape index (κ3) is 3.27. The number of hydrogen-bond acceptors (Lipinski definition) is 2. The van der Waals surface area contributed by atoms with Crippen molar-refractivity contribution in [1.29, 1.82) is 0 Å². The van der Waals surface area contributed by atoms with E-state index >= 15 is 0 Å². The zero-order valence-electron chi connectivity index (χ0n) is 7.72. The SMILES string of the molecule is CS(=O)CCNc1cccc(Cl)c1F. The molecule has 1 rings (SSSR count). The van der Waals surface area contributed by atoms with Crippen LogP contribution in [-0.4, -0.2) is 22.8 Å². The summed E-state index contributed by atoms with van der Waals surface area (Å²) in [6, 6.07) is 4.75. The molecular weight excluding hydrogens is 225 g/mol. The topological polar surface area (TPSA) is 29.1 Å². The third-order valence-corrected chi connectivity index (χ3v) is 2.73. The van der Waals surface area contributed by atoms with Crippen molar-refractivity contribution in [3.8, 4) is 0 Å². The smallest absolute Gasteiger partial charge is 0.164 e. The fraction of sp³-hybridized carbons (Fsp3) is 0.333. The quantitative estimate of drug-likeness (QED) is 0.868. The Morgan fingerprint density at radius 2 is 2.29 bits per heavy atom. The lowest BCUT2D eigenvalue weighted by atomic mass is 10.3. The average molecular weight is 236 g/mol. The molecule has 0 spiro atoms. The molecule has 0 bridgehead atoms. The summed E-state index contributed by atoms with van der Waals surface area (Å²) >= 11 is 5.58. The van der Waals surface area contributed by atoms with Gasteiger partial charge in [-0.2, -0.15) is 0 Å². The summed E-state index contributed by atoms with van der Waals surface area (Å²) < 4.78 is 24.0. The molecule has 1 aromatic rings. The Hall–Kier alpha value is -0.610. The van der Waals surface area contributed by atoms with Crippen molar-refractivity contribution in [3.05, 3.63) is 29.0 Å². The summed E-state index contributed by atoms with van der Waals surface area (Å²) in [5.41, 5.74) is 0.350. The van der Waals surface area contributed by atoms with Gasteiger partial charge in [0, 0.05) is 29.4 Å². The van der Waals surface area contributed by atoms with Crippen LogP contribution < -0.4 is 5.32 Å². The van der Waals surface area contributed by atoms with Crippen LogP contribution >= 0.6 is 11.6 Å². The Kier molecular flexibility index (Phi) is 4.35. The van der Waals surface area contributed by atoms with E-state index in [0.29, 0.717) is 18.0 Å². The first kappa shape index (κ1) is 11.5. The zero-order valence-corrected chi connectivity index (χ0v) is 9.29. The normalized spacial score (nSPS) is 12.5. The van der Waals surface area contributed by atoms with Gasteiger partial charge in [0.15, 0.2) is 5.82 Å². The Labute approximate surface area is 89.9 Å². The highest BCUT2D eigenvalue weighted by molar-refractivity contribution is 7.84. The highest BCUT2D eigenvalue weighted by Gasteiger charge is 2.04. The summed E-state index contributed by atoms with van der Waals surface area (Å²) in [7, 11) is -0.869. The van der Waals surface area contributed by atoms with E-state index in [9.17, 15) is 8.60 Å². The van der Waals surface area contributed by atoms with Gasteiger partial charge in [-0.1, -0.05) is 17.7 Å². The van der Waals surface area contributed by atoms with E-state index in [1.54, 1.807) is 18.4 Å². The van der Waals surface area contributed by atoms with Gasteiger partial charge in [0.25, 0.3) is 0 Å². The third-order valence-electron chi connectivity index (χ3n) is 1.66. The Morgan fingerprint density at radius 1 is 1.57 bits per heavy atom. The summed E-state index contributed by atoms with van der Waals surface area (Å²) in [5.74, 6) is 0.0300. The van der Waals surface area contributed by atoms with E-state index in [-0.39, 0.29) is 5.02 Å². The molecule has 0 amide bonds. The van der Waals surface area contributed by atoms with Gasteiger partial charge in [-0.05, 0) is 12.1 Å². The Bertz CT molecular complexity index is 346. The van der Waals surface area contributed by atoms with Crippen molar-refractivity contribution in [2.24, 2.45) is 0 Å². The number of hydrogen-bond donors (Lipinski definition) is 1. The van der Waals surface area contributed by atoms with Crippen molar-refractivity contribution in [2.75, 3.05) is 23.9 Å². The fourth-order valence-corrected chi connectivity index (χ4v) is 1.53. The Morgan fingerprint density at radius 3 is 2.93 bits per heavy atom. The van der Waals surface area contributed by atoms with Crippen LogP contribution in [0.15, 0.2) is 18.2 Å². The van der Waals surface area contributed by atoms with Gasteiger partial charge in [-0.3, -0.25) is 4.21 Å². The van der Waals surface area contributed by atoms with E-state index in [0.717, 1.165) is 0 Å². The van der Waals surface area contributed by atoms with Gasteiger partial charge in [-0.15, -0.1) is 0 Å². The molecule has 0 radical (unpaired) electrons. The lowest BCUT2D eigenvalue weighted by Crippen LogP contribution is -2.10. The maximum atomic E-state index is 13.3. The second kappa shape index (κ2) is 5.32. The summed E-state index contributed by atoms with van der Waals surface area (Å²) in [6.07, 6.45) is 1.61. The molecule has 1 N–H and O–H groups in total. The van der Waals surface area contributed by atoms with Crippen LogP contribution in [0.25, 0.3) is 0 Å². The average Bonchev–Trinajstić information content (AvgIpc) is 2.12. The van der Waals surface area contributed by atoms with Crippen LogP contribution in [0.4, 0.5) is 10.1 Å². The van der Waals surface area contributed by atoms with E-state index < -0.39 is 16.6 Å². The first-order valence-corrected chi connectivity index (χ1v) is 6.19. The molecule has 0 fully saturated rings. The van der Waals surface area contributed by atoms with E-state index in [2.05, 4.69) is 5.32 Å². The minimum Gasteiger partial charge on any atom is -0.382 e. The molecule has 78 valence electrons. The van der Waals surface area contributed by atoms with Crippen molar-refractivity contribution in [3.63, 3.8) is 0 Å². The predicted octanol–water partition coefficient (Wildman–Crippen LogP) is 2.27. The predicted molar refractivity (Wildman–Crippen MR) is 58.8 cm³/mol. The molecule has 0 aliphatic heterocycles. The second-order valence-electron chi connectivity index (χ2n) is 2.81. The highest BCUT2D eigenvalue weighted by atomic mass is 35.5. The summed E-state index contributed by atoms with van der Waals surface area (Å²) in [6.45, 7) is 0.473. The molecule has 0 saturated heterocycles. The molecular formula is C9H11ClFNOS. The van der Waals surface area contributed by atoms with Gasteiger partial charge < -0.3 is 5.32 Å². The molecule has 2 nitrogen and oxygen atoms in total. The zero-order chi connectivity index (χ0) is 10.6. The van der Waals surface area contributed by atoms with Crippen LogP contribution in [0.2, 0.25) is 5.02 Å². The fourth-order valence-electron chi connectivity index (χ4n) is 0.970. The van der Waals surface area contributed by atoms with Crippen LogP contribution in [0.3, 0.4) is 0 Å². The monoisotopic (exact) mass is 235 g/mol. The molecule has 0 aliphatic carbocycles. The molecule has 0 heterocycles. The van der Waals surface area contributed by atoms with E-state index in [4.69, 9.17) is 11.6 Å². The number of rotatable bonds is 4. The number of anilines is 1. The molecule has 0 aliphatic rings. The largest absolute Gasteiger partial charge is 0.382 e. The minimum absolute atomic E-state index is 0.0904. The molecule has 1 atom stereocenters. The van der Waals surface area contributed by atoms with Crippen molar-refractivity contribution in [1.82, 2.24) is 0 Å². The molecule has 0 aromatic heterocycles. The number of benzene rings is 1. The standard InChI is InChI=1S/C9H11ClFNOS/c1-14(13)6-5-12-8-4-2-3-7(10)9(8)11/h2-4,12H,5-6H2,1H3. The van der Waals surface area contributed by atoms with E-state index in [1.807, 2.05) is 0 Å². The number of halogens is 2. The molecule has 1 unspecified atom stereocenters. The van der Waals surface area contributed by atoms with Crippen molar-refractivity contribution < 1.29 is 8.60 Å². The van der Waals surface area contributed by atoms with Gasteiger partial charge in [0.2, 0.25) is 0 Å². The van der Waals surface area contributed by atoms with Crippen LogP contribution in [-0.2, 0) is 10.8 Å². The first-order chi connectivity index (χ1) is 6.61. The number of nitrogens with one attached hydrogen (secondary N) is 1. The van der Waals surface area contributed by atoms with Gasteiger partial charge in [-0.25, -0.2) is 4.39 Å². The second-order valence-corrected chi connectivity index (χ2v) is 4.77. The van der Waals surface area contributed by atoms with Crippen molar-refractivity contribution >= 4 is 28.1 Å². The van der Waals surface area contributed by atoms with E-state index in [1.165, 1.54) is 6.07 Å². The Balaban J connectivity index is 2.59. The van der Waals surface area contributed by atoms with Crippen LogP contribution in [0, 0.1) is 5.82 Å². The maximum absolute atomic E-state index is 13.3. The minimum atomic E-state index is -0.869. The van der Waals surface area contributed by atoms with Gasteiger partial charge in [0.05, 0.1) is 10.7 Å². The van der Waals surface area contributed by atoms with Crippen LogP contribution in [0.1, 0.15) is 0 Å². The van der Waals surface area contributed by atoms with Gasteiger partial charge >= 0.3 is 0 Å². The molecule has 0 saturated carbocycles. The first-order valence-electron chi connectivity index (χ1n) is 4.09. The van der Waals surface area contributed by atoms with Crippen molar-refractivity contribution in [2.45, 2.75) is 0 Å².